The number of benzene rings is 1. The third kappa shape index (κ3) is 16.2. The Hall–Kier alpha value is -3.41. The lowest BCUT2D eigenvalue weighted by Crippen LogP contribution is -2.58. The molecule has 3 fully saturated rings. The molecular formula is C38H60N8O8S2. The standard InChI is InChI=1S/C38H60N8O8S2/c1-39-38(55)41-15-9-8-14-31(42-37(50)33(27-30-12-6-3-7-13-30)44-56(51,52)46-20-24-54-25-21-46)36(49)43-32(26-29-10-4-2-5-11-29)34(47)28-35(48)40-16-17-45-18-22-53-23-19-45/h3,6-7,12-13,29,31-34,44,47H,2,4-5,10-11,14-28H2,1H3,(H,40,48)(H,42,50)(H,43,49)(H2,39,41,55). The van der Waals surface area contributed by atoms with Crippen LogP contribution in [0.1, 0.15) is 56.9 Å². The van der Waals surface area contributed by atoms with Gasteiger partial charge >= 0.3 is 0 Å². The van der Waals surface area contributed by atoms with Crippen molar-refractivity contribution < 1.29 is 37.4 Å². The van der Waals surface area contributed by atoms with Crippen molar-refractivity contribution in [3.8, 4) is 11.8 Å². The van der Waals surface area contributed by atoms with Crippen LogP contribution in [0.5, 0.6) is 0 Å². The summed E-state index contributed by atoms with van der Waals surface area (Å²) in [5, 5.41) is 26.2. The highest BCUT2D eigenvalue weighted by atomic mass is 32.2. The number of ether oxygens (including phenoxy) is 2. The van der Waals surface area contributed by atoms with Crippen molar-refractivity contribution in [3.63, 3.8) is 0 Å². The van der Waals surface area contributed by atoms with Crippen LogP contribution in [0.2, 0.25) is 0 Å². The Morgan fingerprint density at radius 3 is 2.25 bits per heavy atom. The summed E-state index contributed by atoms with van der Waals surface area (Å²) < 4.78 is 41.4. The predicted octanol–water partition coefficient (Wildman–Crippen LogP) is -0.609. The Morgan fingerprint density at radius 2 is 1.57 bits per heavy atom. The SMILES string of the molecule is CNC(=S)NCC#CCC(NC(=O)C(Cc1ccccc1)NS(=O)(=O)N1CCOCC1)C(=O)NC(CC1CCCCC1)C(O)CC(=O)NCCN1CCOCC1. The van der Waals surface area contributed by atoms with Crippen LogP contribution in [0.15, 0.2) is 30.3 Å². The Bertz CT molecular complexity index is 1560. The predicted molar refractivity (Wildman–Crippen MR) is 216 cm³/mol. The van der Waals surface area contributed by atoms with Crippen molar-refractivity contribution in [1.29, 1.82) is 0 Å². The highest BCUT2D eigenvalue weighted by Gasteiger charge is 2.34. The number of rotatable bonds is 19. The number of nitrogens with zero attached hydrogens (tertiary/aromatic N) is 2. The Labute approximate surface area is 337 Å². The van der Waals surface area contributed by atoms with E-state index >= 15 is 0 Å². The number of nitrogens with one attached hydrogen (secondary N) is 6. The number of thiocarbonyl (C=S) groups is 1. The van der Waals surface area contributed by atoms with Gasteiger partial charge in [0.05, 0.1) is 51.5 Å². The second-order valence-corrected chi connectivity index (χ2v) is 16.5. The zero-order valence-electron chi connectivity index (χ0n) is 32.4. The highest BCUT2D eigenvalue weighted by Crippen LogP contribution is 2.28. The summed E-state index contributed by atoms with van der Waals surface area (Å²) in [6.07, 6.45) is 4.08. The molecule has 56 heavy (non-hydrogen) atoms. The molecule has 1 aliphatic carbocycles. The molecule has 7 N–H and O–H groups in total. The molecule has 3 amide bonds. The third-order valence-corrected chi connectivity index (χ3v) is 12.2. The fourth-order valence-corrected chi connectivity index (χ4v) is 8.37. The van der Waals surface area contributed by atoms with Crippen LogP contribution in [0.3, 0.4) is 0 Å². The Kier molecular flexibility index (Phi) is 19.7. The van der Waals surface area contributed by atoms with Gasteiger partial charge in [0.15, 0.2) is 5.11 Å². The summed E-state index contributed by atoms with van der Waals surface area (Å²) >= 11 is 5.11. The average Bonchev–Trinajstić information content (AvgIpc) is 3.21. The van der Waals surface area contributed by atoms with Gasteiger partial charge in [-0.05, 0) is 36.5 Å². The first-order valence-corrected chi connectivity index (χ1v) is 21.5. The smallest absolute Gasteiger partial charge is 0.280 e. The molecule has 2 saturated heterocycles. The first-order valence-electron chi connectivity index (χ1n) is 19.7. The lowest BCUT2D eigenvalue weighted by molar-refractivity contribution is -0.131. The maximum Gasteiger partial charge on any atom is 0.280 e. The van der Waals surface area contributed by atoms with E-state index in [4.69, 9.17) is 21.7 Å². The first-order chi connectivity index (χ1) is 27.0. The summed E-state index contributed by atoms with van der Waals surface area (Å²) in [6, 6.07) is 5.72. The van der Waals surface area contributed by atoms with Crippen molar-refractivity contribution >= 4 is 45.3 Å². The van der Waals surface area contributed by atoms with Gasteiger partial charge in [-0.3, -0.25) is 19.3 Å². The number of amides is 3. The molecule has 3 aliphatic rings. The molecule has 1 aromatic carbocycles. The monoisotopic (exact) mass is 820 g/mol. The Balaban J connectivity index is 1.50. The normalized spacial score (nSPS) is 19.2. The second-order valence-electron chi connectivity index (χ2n) is 14.4. The van der Waals surface area contributed by atoms with Gasteiger partial charge in [0, 0.05) is 52.7 Å². The molecule has 312 valence electrons. The van der Waals surface area contributed by atoms with Crippen LogP contribution >= 0.6 is 12.2 Å². The van der Waals surface area contributed by atoms with Gasteiger partial charge in [0.25, 0.3) is 10.2 Å². The number of hydrogen-bond donors (Lipinski definition) is 7. The summed E-state index contributed by atoms with van der Waals surface area (Å²) in [6.45, 7) is 4.90. The van der Waals surface area contributed by atoms with Crippen molar-refractivity contribution in [2.24, 2.45) is 5.92 Å². The van der Waals surface area contributed by atoms with Crippen LogP contribution in [0.25, 0.3) is 0 Å². The van der Waals surface area contributed by atoms with E-state index in [1.54, 1.807) is 31.3 Å². The molecule has 1 saturated carbocycles. The summed E-state index contributed by atoms with van der Waals surface area (Å²) in [5.74, 6) is 4.44. The van der Waals surface area contributed by atoms with E-state index in [0.717, 1.165) is 45.2 Å². The number of hydrogen-bond acceptors (Lipinski definition) is 10. The van der Waals surface area contributed by atoms with E-state index in [9.17, 15) is 27.9 Å². The number of morpholine rings is 2. The molecule has 16 nitrogen and oxygen atoms in total. The number of aliphatic hydroxyl groups excluding tert-OH is 1. The molecule has 2 heterocycles. The minimum absolute atomic E-state index is 0.0192. The quantitative estimate of drug-likeness (QED) is 0.0691. The first kappa shape index (κ1) is 45.3. The zero-order valence-corrected chi connectivity index (χ0v) is 34.1. The topological polar surface area (TPSA) is 203 Å². The number of carbonyl (C=O) groups is 3. The van der Waals surface area contributed by atoms with E-state index < -0.39 is 46.3 Å². The Morgan fingerprint density at radius 1 is 0.911 bits per heavy atom. The van der Waals surface area contributed by atoms with E-state index in [-0.39, 0.29) is 63.9 Å². The van der Waals surface area contributed by atoms with Crippen LogP contribution < -0.4 is 31.3 Å². The zero-order chi connectivity index (χ0) is 40.2. The van der Waals surface area contributed by atoms with Gasteiger partial charge in [-0.25, -0.2) is 0 Å². The maximum atomic E-state index is 14.2. The van der Waals surface area contributed by atoms with E-state index in [1.807, 2.05) is 6.07 Å². The molecule has 4 atom stereocenters. The molecule has 2 aliphatic heterocycles. The molecule has 0 bridgehead atoms. The lowest BCUT2D eigenvalue weighted by Gasteiger charge is -2.32. The van der Waals surface area contributed by atoms with E-state index in [0.29, 0.717) is 43.4 Å². The lowest BCUT2D eigenvalue weighted by atomic mass is 9.83. The second kappa shape index (κ2) is 24.4. The fourth-order valence-electron chi connectivity index (χ4n) is 6.97. The molecule has 0 aromatic heterocycles. The number of carbonyl (C=O) groups excluding carboxylic acids is 3. The molecular weight excluding hydrogens is 761 g/mol. The molecule has 4 rings (SSSR count). The van der Waals surface area contributed by atoms with Crippen LogP contribution in [-0.2, 0) is 40.5 Å². The van der Waals surface area contributed by atoms with Gasteiger partial charge in [-0.2, -0.15) is 17.4 Å². The largest absolute Gasteiger partial charge is 0.390 e. The van der Waals surface area contributed by atoms with Gasteiger partial charge in [0.1, 0.15) is 12.1 Å². The maximum absolute atomic E-state index is 14.2. The third-order valence-electron chi connectivity index (χ3n) is 10.2. The van der Waals surface area contributed by atoms with E-state index in [1.165, 1.54) is 4.31 Å². The van der Waals surface area contributed by atoms with Gasteiger partial charge in [0.2, 0.25) is 17.7 Å². The van der Waals surface area contributed by atoms with Gasteiger partial charge < -0.3 is 41.2 Å². The van der Waals surface area contributed by atoms with Gasteiger partial charge in [-0.1, -0.05) is 74.3 Å². The minimum Gasteiger partial charge on any atom is -0.390 e. The van der Waals surface area contributed by atoms with Crippen LogP contribution in [0.4, 0.5) is 0 Å². The van der Waals surface area contributed by atoms with E-state index in [2.05, 4.69) is 48.0 Å². The van der Waals surface area contributed by atoms with Crippen molar-refractivity contribution in [3.05, 3.63) is 35.9 Å². The molecule has 0 radical (unpaired) electrons. The average molecular weight is 821 g/mol. The van der Waals surface area contributed by atoms with Crippen LogP contribution in [-0.4, -0.2) is 149 Å². The molecule has 0 spiro atoms. The van der Waals surface area contributed by atoms with Crippen molar-refractivity contribution in [1.82, 2.24) is 40.5 Å². The van der Waals surface area contributed by atoms with Crippen molar-refractivity contribution in [2.45, 2.75) is 82.0 Å². The highest BCUT2D eigenvalue weighted by molar-refractivity contribution is 7.87. The molecule has 1 aromatic rings. The van der Waals surface area contributed by atoms with Crippen molar-refractivity contribution in [2.75, 3.05) is 79.3 Å². The molecule has 18 heteroatoms. The molecule has 4 unspecified atom stereocenters. The summed E-state index contributed by atoms with van der Waals surface area (Å²) in [4.78, 5) is 43.4. The van der Waals surface area contributed by atoms with Gasteiger partial charge in [-0.15, -0.1) is 0 Å². The summed E-state index contributed by atoms with van der Waals surface area (Å²) in [7, 11) is -2.43. The van der Waals surface area contributed by atoms with Crippen LogP contribution in [0, 0.1) is 17.8 Å². The fraction of sp³-hybridized carbons (Fsp3) is 0.684. The number of aliphatic hydroxyl groups is 1. The minimum atomic E-state index is -4.10. The summed E-state index contributed by atoms with van der Waals surface area (Å²) in [5.41, 5.74) is 0.712.